The lowest BCUT2D eigenvalue weighted by Gasteiger charge is -2.12. The molecule has 5 heteroatoms. The fourth-order valence-corrected chi connectivity index (χ4v) is 2.75. The average molecular weight is 313 g/mol. The summed E-state index contributed by atoms with van der Waals surface area (Å²) in [6.07, 6.45) is 0.881. The van der Waals surface area contributed by atoms with Crippen LogP contribution in [0.25, 0.3) is 11.3 Å². The molecule has 3 aromatic rings. The van der Waals surface area contributed by atoms with Crippen LogP contribution in [0, 0.1) is 0 Å². The van der Waals surface area contributed by atoms with Crippen LogP contribution in [-0.4, -0.2) is 17.6 Å². The van der Waals surface area contributed by atoms with E-state index in [0.717, 1.165) is 16.9 Å². The van der Waals surface area contributed by atoms with Crippen molar-refractivity contribution >= 4 is 17.2 Å². The summed E-state index contributed by atoms with van der Waals surface area (Å²) in [4.78, 5) is 11.8. The summed E-state index contributed by atoms with van der Waals surface area (Å²) in [7, 11) is 0. The molecule has 0 aliphatic heterocycles. The highest BCUT2D eigenvalue weighted by Gasteiger charge is 2.11. The Morgan fingerprint density at radius 1 is 1.23 bits per heavy atom. The molecule has 1 aromatic carbocycles. The van der Waals surface area contributed by atoms with E-state index in [1.54, 1.807) is 17.7 Å². The molecule has 0 spiro atoms. The first-order valence-electron chi connectivity index (χ1n) is 6.86. The Bertz CT molecular complexity index is 718. The second kappa shape index (κ2) is 6.60. The Morgan fingerprint density at radius 3 is 2.68 bits per heavy atom. The van der Waals surface area contributed by atoms with Gasteiger partial charge in [-0.1, -0.05) is 24.3 Å². The molecule has 1 unspecified atom stereocenters. The molecule has 22 heavy (non-hydrogen) atoms. The molecular weight excluding hydrogens is 298 g/mol. The Morgan fingerprint density at radius 2 is 2.05 bits per heavy atom. The summed E-state index contributed by atoms with van der Waals surface area (Å²) in [6.45, 7) is 0.175. The van der Waals surface area contributed by atoms with Gasteiger partial charge in [0.05, 0.1) is 12.4 Å². The van der Waals surface area contributed by atoms with Crippen LogP contribution >= 0.6 is 11.3 Å². The second-order valence-corrected chi connectivity index (χ2v) is 5.62. The fraction of sp³-hybridized carbons (Fsp3) is 0.118. The van der Waals surface area contributed by atoms with Crippen molar-refractivity contribution in [1.29, 1.82) is 0 Å². The van der Waals surface area contributed by atoms with Crippen molar-refractivity contribution in [2.75, 3.05) is 6.54 Å². The second-order valence-electron chi connectivity index (χ2n) is 4.84. The molecule has 2 aromatic heterocycles. The number of carbonyl (C=O) groups excluding carboxylic acids is 1. The van der Waals surface area contributed by atoms with E-state index in [2.05, 4.69) is 5.32 Å². The van der Waals surface area contributed by atoms with Gasteiger partial charge in [0.2, 0.25) is 0 Å². The summed E-state index contributed by atoms with van der Waals surface area (Å²) in [5, 5.41) is 16.5. The highest BCUT2D eigenvalue weighted by atomic mass is 32.1. The van der Waals surface area contributed by atoms with Crippen LogP contribution in [0.3, 0.4) is 0 Å². The number of rotatable bonds is 5. The summed E-state index contributed by atoms with van der Waals surface area (Å²) in [6, 6.07) is 12.9. The zero-order chi connectivity index (χ0) is 15.4. The Kier molecular flexibility index (Phi) is 4.37. The summed E-state index contributed by atoms with van der Waals surface area (Å²) in [5.41, 5.74) is 2.31. The zero-order valence-electron chi connectivity index (χ0n) is 11.7. The van der Waals surface area contributed by atoms with Crippen molar-refractivity contribution in [2.24, 2.45) is 0 Å². The molecule has 0 radical (unpaired) electrons. The fourth-order valence-electron chi connectivity index (χ4n) is 2.12. The van der Waals surface area contributed by atoms with E-state index < -0.39 is 6.10 Å². The average Bonchev–Trinajstić information content (AvgIpc) is 3.25. The van der Waals surface area contributed by atoms with Gasteiger partial charge in [0.15, 0.2) is 0 Å². The van der Waals surface area contributed by atoms with Crippen LogP contribution in [0.2, 0.25) is 0 Å². The Balaban J connectivity index is 1.60. The Labute approximate surface area is 132 Å². The number of hydrogen-bond acceptors (Lipinski definition) is 4. The minimum atomic E-state index is -0.742. The third-order valence-corrected chi connectivity index (χ3v) is 4.02. The van der Waals surface area contributed by atoms with E-state index in [1.807, 2.05) is 41.8 Å². The molecule has 3 rings (SSSR count). The van der Waals surface area contributed by atoms with E-state index >= 15 is 0 Å². The van der Waals surface area contributed by atoms with E-state index in [0.29, 0.717) is 5.56 Å². The first-order chi connectivity index (χ1) is 10.7. The first kappa shape index (κ1) is 14.6. The molecule has 112 valence electrons. The third-order valence-electron chi connectivity index (χ3n) is 3.34. The van der Waals surface area contributed by atoms with Gasteiger partial charge in [0.25, 0.3) is 5.91 Å². The molecular formula is C17H15NO3S. The standard InChI is InChI=1S/C17H15NO3S/c19-15(10-18-17(20)14-7-9-22-11-14)12-3-5-13(6-4-12)16-2-1-8-21-16/h1-9,11,15,19H,10H2,(H,18,20). The molecule has 0 saturated heterocycles. The Hall–Kier alpha value is -2.37. The molecule has 0 fully saturated rings. The van der Waals surface area contributed by atoms with Crippen molar-refractivity contribution in [3.8, 4) is 11.3 Å². The largest absolute Gasteiger partial charge is 0.464 e. The number of carbonyl (C=O) groups is 1. The van der Waals surface area contributed by atoms with Gasteiger partial charge in [-0.2, -0.15) is 11.3 Å². The number of hydrogen-bond donors (Lipinski definition) is 2. The van der Waals surface area contributed by atoms with E-state index in [1.165, 1.54) is 11.3 Å². The molecule has 2 heterocycles. The maximum Gasteiger partial charge on any atom is 0.252 e. The number of aliphatic hydroxyl groups is 1. The van der Waals surface area contributed by atoms with Gasteiger partial charge in [-0.25, -0.2) is 0 Å². The monoisotopic (exact) mass is 313 g/mol. The maximum absolute atomic E-state index is 11.8. The van der Waals surface area contributed by atoms with Crippen molar-refractivity contribution in [1.82, 2.24) is 5.32 Å². The molecule has 1 atom stereocenters. The number of amides is 1. The highest BCUT2D eigenvalue weighted by molar-refractivity contribution is 7.08. The predicted molar refractivity (Wildman–Crippen MR) is 85.8 cm³/mol. The van der Waals surface area contributed by atoms with Gasteiger partial charge in [0, 0.05) is 23.1 Å². The molecule has 1 amide bonds. The van der Waals surface area contributed by atoms with Gasteiger partial charge in [0.1, 0.15) is 5.76 Å². The van der Waals surface area contributed by atoms with Crippen LogP contribution in [0.5, 0.6) is 0 Å². The highest BCUT2D eigenvalue weighted by Crippen LogP contribution is 2.22. The third kappa shape index (κ3) is 3.27. The van der Waals surface area contributed by atoms with Gasteiger partial charge in [-0.3, -0.25) is 4.79 Å². The van der Waals surface area contributed by atoms with Crippen LogP contribution in [0.4, 0.5) is 0 Å². The quantitative estimate of drug-likeness (QED) is 0.758. The minimum Gasteiger partial charge on any atom is -0.464 e. The van der Waals surface area contributed by atoms with Crippen LogP contribution < -0.4 is 5.32 Å². The molecule has 0 aliphatic carbocycles. The predicted octanol–water partition coefficient (Wildman–Crippen LogP) is 3.47. The van der Waals surface area contributed by atoms with Gasteiger partial charge in [-0.05, 0) is 29.1 Å². The van der Waals surface area contributed by atoms with E-state index in [9.17, 15) is 9.90 Å². The summed E-state index contributed by atoms with van der Waals surface area (Å²) >= 11 is 1.47. The summed E-state index contributed by atoms with van der Waals surface area (Å²) < 4.78 is 5.32. The van der Waals surface area contributed by atoms with E-state index in [-0.39, 0.29) is 12.5 Å². The SMILES string of the molecule is O=C(NCC(O)c1ccc(-c2ccco2)cc1)c1ccsc1. The molecule has 0 bridgehead atoms. The van der Waals surface area contributed by atoms with Crippen LogP contribution in [0.1, 0.15) is 22.0 Å². The molecule has 2 N–H and O–H groups in total. The number of aliphatic hydroxyl groups excluding tert-OH is 1. The number of benzene rings is 1. The van der Waals surface area contributed by atoms with E-state index in [4.69, 9.17) is 4.42 Å². The molecule has 0 saturated carbocycles. The summed E-state index contributed by atoms with van der Waals surface area (Å²) in [5.74, 6) is 0.610. The topological polar surface area (TPSA) is 62.5 Å². The van der Waals surface area contributed by atoms with Crippen molar-refractivity contribution < 1.29 is 14.3 Å². The first-order valence-corrected chi connectivity index (χ1v) is 7.80. The number of nitrogens with one attached hydrogen (secondary N) is 1. The van der Waals surface area contributed by atoms with Gasteiger partial charge in [-0.15, -0.1) is 0 Å². The van der Waals surface area contributed by atoms with Crippen LogP contribution in [0.15, 0.2) is 63.9 Å². The zero-order valence-corrected chi connectivity index (χ0v) is 12.5. The minimum absolute atomic E-state index is 0.174. The van der Waals surface area contributed by atoms with Crippen LogP contribution in [-0.2, 0) is 0 Å². The van der Waals surface area contributed by atoms with Gasteiger partial charge < -0.3 is 14.8 Å². The van der Waals surface area contributed by atoms with Gasteiger partial charge >= 0.3 is 0 Å². The maximum atomic E-state index is 11.8. The molecule has 0 aliphatic rings. The van der Waals surface area contributed by atoms with Crippen molar-refractivity contribution in [3.63, 3.8) is 0 Å². The van der Waals surface area contributed by atoms with Crippen molar-refractivity contribution in [2.45, 2.75) is 6.10 Å². The lowest BCUT2D eigenvalue weighted by molar-refractivity contribution is 0.0917. The lowest BCUT2D eigenvalue weighted by atomic mass is 10.1. The lowest BCUT2D eigenvalue weighted by Crippen LogP contribution is -2.27. The van der Waals surface area contributed by atoms with Crippen molar-refractivity contribution in [3.05, 3.63) is 70.6 Å². The number of furan rings is 1. The molecule has 4 nitrogen and oxygen atoms in total. The smallest absolute Gasteiger partial charge is 0.252 e. The number of thiophene rings is 1. The normalized spacial score (nSPS) is 12.0.